The van der Waals surface area contributed by atoms with E-state index in [1.165, 1.54) is 6.08 Å². The van der Waals surface area contributed by atoms with Crippen molar-refractivity contribution in [2.45, 2.75) is 6.42 Å². The van der Waals surface area contributed by atoms with Crippen molar-refractivity contribution in [3.63, 3.8) is 0 Å². The molecule has 112 valence electrons. The molecule has 0 aliphatic rings. The summed E-state index contributed by atoms with van der Waals surface area (Å²) in [6.45, 7) is 0. The number of hydrazine groups is 1. The quantitative estimate of drug-likeness (QED) is 0.652. The SMILES string of the molecule is O=C(/C=C/c1ccc(Br)cc1)NNC(=O)Cc1ccccc1. The van der Waals surface area contributed by atoms with Crippen molar-refractivity contribution in [3.8, 4) is 0 Å². The molecule has 2 rings (SSSR count). The molecule has 0 radical (unpaired) electrons. The monoisotopic (exact) mass is 358 g/mol. The van der Waals surface area contributed by atoms with Crippen LogP contribution in [-0.2, 0) is 16.0 Å². The largest absolute Gasteiger partial charge is 0.273 e. The second kappa shape index (κ2) is 8.14. The zero-order valence-corrected chi connectivity index (χ0v) is 13.3. The molecule has 0 spiro atoms. The molecule has 0 aliphatic carbocycles. The Morgan fingerprint density at radius 2 is 1.64 bits per heavy atom. The number of carbonyl (C=O) groups excluding carboxylic acids is 2. The zero-order valence-electron chi connectivity index (χ0n) is 11.8. The van der Waals surface area contributed by atoms with E-state index in [2.05, 4.69) is 26.8 Å². The highest BCUT2D eigenvalue weighted by molar-refractivity contribution is 9.10. The molecule has 5 heteroatoms. The number of rotatable bonds is 4. The van der Waals surface area contributed by atoms with Crippen molar-refractivity contribution in [1.29, 1.82) is 0 Å². The summed E-state index contributed by atoms with van der Waals surface area (Å²) < 4.78 is 0.974. The molecule has 0 bridgehead atoms. The van der Waals surface area contributed by atoms with Crippen molar-refractivity contribution in [2.24, 2.45) is 0 Å². The van der Waals surface area contributed by atoms with Gasteiger partial charge in [-0.3, -0.25) is 20.4 Å². The normalized spacial score (nSPS) is 10.4. The first-order valence-corrected chi connectivity index (χ1v) is 7.49. The summed E-state index contributed by atoms with van der Waals surface area (Å²) in [7, 11) is 0. The van der Waals surface area contributed by atoms with Gasteiger partial charge in [0.2, 0.25) is 5.91 Å². The predicted molar refractivity (Wildman–Crippen MR) is 89.6 cm³/mol. The maximum absolute atomic E-state index is 11.7. The molecule has 0 aliphatic heterocycles. The van der Waals surface area contributed by atoms with E-state index in [1.54, 1.807) is 6.08 Å². The van der Waals surface area contributed by atoms with Crippen LogP contribution in [0.1, 0.15) is 11.1 Å². The number of halogens is 1. The lowest BCUT2D eigenvalue weighted by molar-refractivity contribution is -0.126. The Labute approximate surface area is 137 Å². The highest BCUT2D eigenvalue weighted by Gasteiger charge is 2.03. The van der Waals surface area contributed by atoms with Crippen molar-refractivity contribution >= 4 is 33.8 Å². The molecule has 0 fully saturated rings. The van der Waals surface area contributed by atoms with Crippen LogP contribution in [0.3, 0.4) is 0 Å². The van der Waals surface area contributed by atoms with Gasteiger partial charge in [-0.25, -0.2) is 0 Å². The Balaban J connectivity index is 1.77. The van der Waals surface area contributed by atoms with E-state index in [9.17, 15) is 9.59 Å². The summed E-state index contributed by atoms with van der Waals surface area (Å²) >= 11 is 3.34. The lowest BCUT2D eigenvalue weighted by Gasteiger charge is -2.05. The van der Waals surface area contributed by atoms with E-state index in [0.29, 0.717) is 0 Å². The molecule has 0 unspecified atom stereocenters. The molecule has 0 heterocycles. The van der Waals surface area contributed by atoms with Gasteiger partial charge in [0.15, 0.2) is 0 Å². The van der Waals surface area contributed by atoms with Gasteiger partial charge in [-0.15, -0.1) is 0 Å². The van der Waals surface area contributed by atoms with Gasteiger partial charge >= 0.3 is 0 Å². The van der Waals surface area contributed by atoms with Crippen LogP contribution in [0, 0.1) is 0 Å². The van der Waals surface area contributed by atoms with E-state index in [4.69, 9.17) is 0 Å². The molecular weight excluding hydrogens is 344 g/mol. The molecule has 0 saturated heterocycles. The van der Waals surface area contributed by atoms with Crippen molar-refractivity contribution in [2.75, 3.05) is 0 Å². The molecule has 2 aromatic rings. The van der Waals surface area contributed by atoms with Gasteiger partial charge in [0.1, 0.15) is 0 Å². The number of nitrogens with one attached hydrogen (secondary N) is 2. The van der Waals surface area contributed by atoms with E-state index in [1.807, 2.05) is 54.6 Å². The first-order chi connectivity index (χ1) is 10.6. The van der Waals surface area contributed by atoms with Crippen LogP contribution in [0.2, 0.25) is 0 Å². The van der Waals surface area contributed by atoms with Crippen LogP contribution in [-0.4, -0.2) is 11.8 Å². The maximum Gasteiger partial charge on any atom is 0.262 e. The minimum atomic E-state index is -0.385. The average Bonchev–Trinajstić information content (AvgIpc) is 2.53. The van der Waals surface area contributed by atoms with Crippen molar-refractivity contribution < 1.29 is 9.59 Å². The van der Waals surface area contributed by atoms with Crippen LogP contribution in [0.15, 0.2) is 65.1 Å². The Hall–Kier alpha value is -2.40. The topological polar surface area (TPSA) is 58.2 Å². The summed E-state index contributed by atoms with van der Waals surface area (Å²) in [4.78, 5) is 23.3. The number of carbonyl (C=O) groups is 2. The van der Waals surface area contributed by atoms with Crippen LogP contribution < -0.4 is 10.9 Å². The fraction of sp³-hybridized carbons (Fsp3) is 0.0588. The van der Waals surface area contributed by atoms with E-state index in [0.717, 1.165) is 15.6 Å². The van der Waals surface area contributed by atoms with Crippen molar-refractivity contribution in [1.82, 2.24) is 10.9 Å². The average molecular weight is 359 g/mol. The first kappa shape index (κ1) is 16.0. The third-order valence-corrected chi connectivity index (χ3v) is 3.36. The molecule has 0 saturated carbocycles. The molecule has 2 amide bonds. The zero-order chi connectivity index (χ0) is 15.8. The molecular formula is C17H15BrN2O2. The third-order valence-electron chi connectivity index (χ3n) is 2.83. The second-order valence-electron chi connectivity index (χ2n) is 4.58. The molecule has 2 N–H and O–H groups in total. The second-order valence-corrected chi connectivity index (χ2v) is 5.50. The Bertz CT molecular complexity index is 667. The lowest BCUT2D eigenvalue weighted by atomic mass is 10.1. The fourth-order valence-electron chi connectivity index (χ4n) is 1.74. The minimum absolute atomic E-state index is 0.220. The van der Waals surface area contributed by atoms with Gasteiger partial charge in [0, 0.05) is 10.5 Å². The summed E-state index contributed by atoms with van der Waals surface area (Å²) in [5.74, 6) is -0.652. The first-order valence-electron chi connectivity index (χ1n) is 6.70. The van der Waals surface area contributed by atoms with E-state index < -0.39 is 0 Å². The van der Waals surface area contributed by atoms with Crippen LogP contribution in [0.25, 0.3) is 6.08 Å². The van der Waals surface area contributed by atoms with Gasteiger partial charge in [0.05, 0.1) is 6.42 Å². The van der Waals surface area contributed by atoms with Crippen molar-refractivity contribution in [3.05, 3.63) is 76.3 Å². The van der Waals surface area contributed by atoms with Crippen LogP contribution in [0.5, 0.6) is 0 Å². The van der Waals surface area contributed by atoms with Gasteiger partial charge in [-0.05, 0) is 29.3 Å². The molecule has 22 heavy (non-hydrogen) atoms. The number of hydrogen-bond acceptors (Lipinski definition) is 2. The number of amides is 2. The van der Waals surface area contributed by atoms with Crippen LogP contribution in [0.4, 0.5) is 0 Å². The standard InChI is InChI=1S/C17H15BrN2O2/c18-15-9-6-13(7-10-15)8-11-16(21)19-20-17(22)12-14-4-2-1-3-5-14/h1-11H,12H2,(H,19,21)(H,20,22)/b11-8+. The third kappa shape index (κ3) is 5.54. The summed E-state index contributed by atoms with van der Waals surface area (Å²) in [6.07, 6.45) is 3.26. The summed E-state index contributed by atoms with van der Waals surface area (Å²) in [6, 6.07) is 16.9. The van der Waals surface area contributed by atoms with E-state index >= 15 is 0 Å². The molecule has 0 aromatic heterocycles. The summed E-state index contributed by atoms with van der Waals surface area (Å²) in [5, 5.41) is 0. The van der Waals surface area contributed by atoms with Gasteiger partial charge in [-0.1, -0.05) is 58.4 Å². The number of benzene rings is 2. The van der Waals surface area contributed by atoms with E-state index in [-0.39, 0.29) is 18.2 Å². The highest BCUT2D eigenvalue weighted by Crippen LogP contribution is 2.11. The molecule has 4 nitrogen and oxygen atoms in total. The number of hydrogen-bond donors (Lipinski definition) is 2. The predicted octanol–water partition coefficient (Wildman–Crippen LogP) is 2.85. The van der Waals surface area contributed by atoms with Crippen LogP contribution >= 0.6 is 15.9 Å². The minimum Gasteiger partial charge on any atom is -0.273 e. The van der Waals surface area contributed by atoms with Gasteiger partial charge < -0.3 is 0 Å². The lowest BCUT2D eigenvalue weighted by Crippen LogP contribution is -2.41. The van der Waals surface area contributed by atoms with Gasteiger partial charge in [-0.2, -0.15) is 0 Å². The summed E-state index contributed by atoms with van der Waals surface area (Å²) in [5.41, 5.74) is 6.51. The smallest absolute Gasteiger partial charge is 0.262 e. The molecule has 0 atom stereocenters. The Kier molecular flexibility index (Phi) is 5.91. The maximum atomic E-state index is 11.7. The fourth-order valence-corrected chi connectivity index (χ4v) is 2.01. The highest BCUT2D eigenvalue weighted by atomic mass is 79.9. The Morgan fingerprint density at radius 3 is 2.32 bits per heavy atom. The van der Waals surface area contributed by atoms with Gasteiger partial charge in [0.25, 0.3) is 5.91 Å². The Morgan fingerprint density at radius 1 is 0.955 bits per heavy atom. The molecule has 2 aromatic carbocycles.